The molecule has 0 rings (SSSR count). The van der Waals surface area contributed by atoms with E-state index in [1.807, 2.05) is 13.8 Å². The van der Waals surface area contributed by atoms with Crippen LogP contribution in [0.2, 0.25) is 0 Å². The molecule has 0 spiro atoms. The minimum absolute atomic E-state index is 0.206. The normalized spacial score (nSPS) is 15.4. The van der Waals surface area contributed by atoms with E-state index in [1.54, 1.807) is 0 Å². The van der Waals surface area contributed by atoms with E-state index in [1.165, 1.54) is 0 Å². The Kier molecular flexibility index (Phi) is 4.58. The molecule has 0 saturated heterocycles. The lowest BCUT2D eigenvalue weighted by atomic mass is 10.1. The standard InChI is InChI=1S/C6H14BrNO2S/c1-5(2)6(7)4-8-11(3,9)10/h5-6,8H,4H2,1-3H3. The molecule has 0 aromatic heterocycles. The van der Waals surface area contributed by atoms with Gasteiger partial charge >= 0.3 is 0 Å². The van der Waals surface area contributed by atoms with Gasteiger partial charge in [-0.1, -0.05) is 29.8 Å². The van der Waals surface area contributed by atoms with Crippen LogP contribution in [-0.2, 0) is 10.0 Å². The average Bonchev–Trinajstić information content (AvgIpc) is 1.80. The van der Waals surface area contributed by atoms with Crippen LogP contribution >= 0.6 is 15.9 Å². The van der Waals surface area contributed by atoms with Gasteiger partial charge in [0.2, 0.25) is 10.0 Å². The molecule has 0 radical (unpaired) electrons. The van der Waals surface area contributed by atoms with Crippen LogP contribution in [0.5, 0.6) is 0 Å². The summed E-state index contributed by atoms with van der Waals surface area (Å²) >= 11 is 3.37. The quantitative estimate of drug-likeness (QED) is 0.748. The zero-order valence-corrected chi connectivity index (χ0v) is 9.37. The minimum atomic E-state index is -3.03. The highest BCUT2D eigenvalue weighted by molar-refractivity contribution is 9.09. The van der Waals surface area contributed by atoms with E-state index in [0.29, 0.717) is 12.5 Å². The molecule has 1 N–H and O–H groups in total. The molecule has 0 aromatic rings. The Hall–Kier alpha value is 0.390. The summed E-state index contributed by atoms with van der Waals surface area (Å²) in [4.78, 5) is 0.206. The number of halogens is 1. The molecule has 1 unspecified atom stereocenters. The molecule has 5 heteroatoms. The predicted molar refractivity (Wildman–Crippen MR) is 50.4 cm³/mol. The first-order valence-electron chi connectivity index (χ1n) is 3.41. The molecule has 68 valence electrons. The summed E-state index contributed by atoms with van der Waals surface area (Å²) in [5, 5.41) is 0. The highest BCUT2D eigenvalue weighted by Crippen LogP contribution is 2.10. The van der Waals surface area contributed by atoms with Gasteiger partial charge in [0.1, 0.15) is 0 Å². The first-order chi connectivity index (χ1) is 4.83. The third-order valence-electron chi connectivity index (χ3n) is 1.26. The lowest BCUT2D eigenvalue weighted by molar-refractivity contribution is 0.567. The van der Waals surface area contributed by atoms with Gasteiger partial charge in [-0.25, -0.2) is 13.1 Å². The SMILES string of the molecule is CC(C)C(Br)CNS(C)(=O)=O. The monoisotopic (exact) mass is 243 g/mol. The van der Waals surface area contributed by atoms with Crippen LogP contribution in [0, 0.1) is 5.92 Å². The maximum absolute atomic E-state index is 10.6. The second-order valence-corrected chi connectivity index (χ2v) is 5.89. The van der Waals surface area contributed by atoms with Crippen molar-refractivity contribution < 1.29 is 8.42 Å². The molecule has 0 aliphatic heterocycles. The van der Waals surface area contributed by atoms with E-state index in [2.05, 4.69) is 20.7 Å². The highest BCUT2D eigenvalue weighted by Gasteiger charge is 2.10. The van der Waals surface area contributed by atoms with Gasteiger partial charge in [-0.05, 0) is 5.92 Å². The fourth-order valence-electron chi connectivity index (χ4n) is 0.467. The van der Waals surface area contributed by atoms with Crippen molar-refractivity contribution in [2.24, 2.45) is 5.92 Å². The number of hydrogen-bond acceptors (Lipinski definition) is 2. The van der Waals surface area contributed by atoms with E-state index < -0.39 is 10.0 Å². The van der Waals surface area contributed by atoms with Crippen LogP contribution in [0.15, 0.2) is 0 Å². The Balaban J connectivity index is 3.72. The van der Waals surface area contributed by atoms with Crippen molar-refractivity contribution >= 4 is 26.0 Å². The van der Waals surface area contributed by atoms with Gasteiger partial charge in [-0.3, -0.25) is 0 Å². The van der Waals surface area contributed by atoms with Crippen LogP contribution in [0.3, 0.4) is 0 Å². The van der Waals surface area contributed by atoms with Crippen molar-refractivity contribution in [2.75, 3.05) is 12.8 Å². The fraction of sp³-hybridized carbons (Fsp3) is 1.00. The van der Waals surface area contributed by atoms with Crippen LogP contribution in [0.25, 0.3) is 0 Å². The first kappa shape index (κ1) is 11.4. The van der Waals surface area contributed by atoms with Crippen molar-refractivity contribution in [1.82, 2.24) is 4.72 Å². The Morgan fingerprint density at radius 1 is 1.45 bits per heavy atom. The van der Waals surface area contributed by atoms with Gasteiger partial charge in [-0.2, -0.15) is 0 Å². The van der Waals surface area contributed by atoms with Crippen LogP contribution < -0.4 is 4.72 Å². The van der Waals surface area contributed by atoms with Gasteiger partial charge in [0.25, 0.3) is 0 Å². The number of hydrogen-bond donors (Lipinski definition) is 1. The van der Waals surface area contributed by atoms with E-state index in [9.17, 15) is 8.42 Å². The Morgan fingerprint density at radius 3 is 2.18 bits per heavy atom. The molecule has 0 heterocycles. The van der Waals surface area contributed by atoms with Crippen LogP contribution in [-0.4, -0.2) is 26.0 Å². The number of rotatable bonds is 4. The summed E-state index contributed by atoms with van der Waals surface area (Å²) < 4.78 is 23.7. The topological polar surface area (TPSA) is 46.2 Å². The molecule has 11 heavy (non-hydrogen) atoms. The molecular weight excluding hydrogens is 230 g/mol. The molecule has 0 aliphatic rings. The Labute approximate surface area is 76.7 Å². The first-order valence-corrected chi connectivity index (χ1v) is 6.22. The lowest BCUT2D eigenvalue weighted by Crippen LogP contribution is -2.30. The number of alkyl halides is 1. The zero-order valence-electron chi connectivity index (χ0n) is 6.96. The fourth-order valence-corrected chi connectivity index (χ4v) is 1.33. The molecule has 0 fully saturated rings. The van der Waals surface area contributed by atoms with E-state index in [0.717, 1.165) is 6.26 Å². The van der Waals surface area contributed by atoms with Crippen molar-refractivity contribution in [1.29, 1.82) is 0 Å². The summed E-state index contributed by atoms with van der Waals surface area (Å²) in [5.41, 5.74) is 0. The van der Waals surface area contributed by atoms with Crippen LogP contribution in [0.4, 0.5) is 0 Å². The molecule has 0 aromatic carbocycles. The van der Waals surface area contributed by atoms with Crippen molar-refractivity contribution in [3.8, 4) is 0 Å². The lowest BCUT2D eigenvalue weighted by Gasteiger charge is -2.12. The van der Waals surface area contributed by atoms with Gasteiger partial charge in [0.15, 0.2) is 0 Å². The highest BCUT2D eigenvalue weighted by atomic mass is 79.9. The summed E-state index contributed by atoms with van der Waals surface area (Å²) in [6.07, 6.45) is 1.16. The van der Waals surface area contributed by atoms with E-state index in [4.69, 9.17) is 0 Å². The summed E-state index contributed by atoms with van der Waals surface area (Å²) in [5.74, 6) is 0.434. The third kappa shape index (κ3) is 6.77. The molecular formula is C6H14BrNO2S. The van der Waals surface area contributed by atoms with Gasteiger partial charge in [0.05, 0.1) is 6.26 Å². The molecule has 3 nitrogen and oxygen atoms in total. The summed E-state index contributed by atoms with van der Waals surface area (Å²) in [6, 6.07) is 0. The summed E-state index contributed by atoms with van der Waals surface area (Å²) in [6.45, 7) is 4.52. The second kappa shape index (κ2) is 4.42. The maximum Gasteiger partial charge on any atom is 0.208 e. The molecule has 1 atom stereocenters. The average molecular weight is 244 g/mol. The van der Waals surface area contributed by atoms with Crippen molar-refractivity contribution in [3.63, 3.8) is 0 Å². The van der Waals surface area contributed by atoms with Gasteiger partial charge in [0, 0.05) is 11.4 Å². The maximum atomic E-state index is 10.6. The Morgan fingerprint density at radius 2 is 1.91 bits per heavy atom. The van der Waals surface area contributed by atoms with E-state index >= 15 is 0 Å². The number of sulfonamides is 1. The molecule has 0 amide bonds. The molecule has 0 saturated carbocycles. The van der Waals surface area contributed by atoms with Gasteiger partial charge in [-0.15, -0.1) is 0 Å². The zero-order chi connectivity index (χ0) is 9.07. The predicted octanol–water partition coefficient (Wildman–Crippen LogP) is 0.955. The van der Waals surface area contributed by atoms with E-state index in [-0.39, 0.29) is 4.83 Å². The second-order valence-electron chi connectivity index (χ2n) is 2.88. The van der Waals surface area contributed by atoms with Crippen LogP contribution in [0.1, 0.15) is 13.8 Å². The summed E-state index contributed by atoms with van der Waals surface area (Å²) in [7, 11) is -3.03. The Bertz CT molecular complexity index is 201. The smallest absolute Gasteiger partial charge is 0.208 e. The van der Waals surface area contributed by atoms with Gasteiger partial charge < -0.3 is 0 Å². The van der Waals surface area contributed by atoms with Crippen molar-refractivity contribution in [2.45, 2.75) is 18.7 Å². The molecule has 0 bridgehead atoms. The largest absolute Gasteiger partial charge is 0.214 e. The van der Waals surface area contributed by atoms with Crippen molar-refractivity contribution in [3.05, 3.63) is 0 Å². The minimum Gasteiger partial charge on any atom is -0.214 e. The third-order valence-corrected chi connectivity index (χ3v) is 3.34. The molecule has 0 aliphatic carbocycles. The number of nitrogens with one attached hydrogen (secondary N) is 1.